The number of hydrogen-bond acceptors (Lipinski definition) is 4. The molecule has 2 atom stereocenters. The normalized spacial score (nSPS) is 20.8. The van der Waals surface area contributed by atoms with Gasteiger partial charge in [-0.05, 0) is 36.6 Å². The van der Waals surface area contributed by atoms with Crippen molar-refractivity contribution in [3.05, 3.63) is 64.1 Å². The van der Waals surface area contributed by atoms with Crippen molar-refractivity contribution >= 4 is 11.5 Å². The van der Waals surface area contributed by atoms with Gasteiger partial charge in [0, 0.05) is 18.0 Å². The molecule has 5 nitrogen and oxygen atoms in total. The summed E-state index contributed by atoms with van der Waals surface area (Å²) in [4.78, 5) is 14.3. The second-order valence-corrected chi connectivity index (χ2v) is 5.50. The van der Waals surface area contributed by atoms with Gasteiger partial charge in [0.2, 0.25) is 0 Å². The van der Waals surface area contributed by atoms with E-state index in [1.807, 2.05) is 12.1 Å². The van der Waals surface area contributed by atoms with Crippen molar-refractivity contribution in [3.63, 3.8) is 0 Å². The van der Waals surface area contributed by atoms with Crippen LogP contribution in [0.1, 0.15) is 30.7 Å². The van der Waals surface area contributed by atoms with Gasteiger partial charge < -0.3 is 5.32 Å². The molecular weight excluding hydrogens is 285 g/mol. The van der Waals surface area contributed by atoms with E-state index < -0.39 is 4.92 Å². The zero-order valence-electron chi connectivity index (χ0n) is 11.9. The van der Waals surface area contributed by atoms with Crippen LogP contribution in [0.25, 0.3) is 0 Å². The number of nitro groups is 1. The number of rotatable bonds is 4. The first-order chi connectivity index (χ1) is 10.6. The average molecular weight is 301 g/mol. The molecule has 1 aliphatic rings. The van der Waals surface area contributed by atoms with Gasteiger partial charge in [0.05, 0.1) is 4.92 Å². The third kappa shape index (κ3) is 3.05. The van der Waals surface area contributed by atoms with Crippen LogP contribution in [0.3, 0.4) is 0 Å². The summed E-state index contributed by atoms with van der Waals surface area (Å²) in [5.74, 6) is 0.700. The average Bonchev–Trinajstić information content (AvgIpc) is 2.97. The summed E-state index contributed by atoms with van der Waals surface area (Å²) in [6, 6.07) is 9.88. The van der Waals surface area contributed by atoms with E-state index >= 15 is 0 Å². The molecule has 0 bridgehead atoms. The minimum Gasteiger partial charge on any atom is -0.367 e. The van der Waals surface area contributed by atoms with E-state index in [1.54, 1.807) is 6.07 Å². The summed E-state index contributed by atoms with van der Waals surface area (Å²) in [5.41, 5.74) is 1.09. The third-order valence-electron chi connectivity index (χ3n) is 4.11. The van der Waals surface area contributed by atoms with E-state index in [-0.39, 0.29) is 17.5 Å². The Morgan fingerprint density at radius 1 is 1.18 bits per heavy atom. The molecule has 114 valence electrons. The topological polar surface area (TPSA) is 68.1 Å². The van der Waals surface area contributed by atoms with Crippen LogP contribution in [0.2, 0.25) is 0 Å². The molecule has 0 radical (unpaired) electrons. The lowest BCUT2D eigenvalue weighted by molar-refractivity contribution is -0.385. The number of hydrogen-bond donors (Lipinski definition) is 1. The summed E-state index contributed by atoms with van der Waals surface area (Å²) < 4.78 is 13.0. The van der Waals surface area contributed by atoms with Gasteiger partial charge in [-0.3, -0.25) is 10.1 Å². The van der Waals surface area contributed by atoms with Crippen molar-refractivity contribution in [3.8, 4) is 0 Å². The van der Waals surface area contributed by atoms with Gasteiger partial charge in [0.1, 0.15) is 17.8 Å². The fourth-order valence-corrected chi connectivity index (χ4v) is 3.01. The first-order valence-electron chi connectivity index (χ1n) is 7.26. The molecule has 22 heavy (non-hydrogen) atoms. The fraction of sp³-hybridized carbons (Fsp3) is 0.312. The zero-order valence-corrected chi connectivity index (χ0v) is 11.9. The monoisotopic (exact) mass is 301 g/mol. The van der Waals surface area contributed by atoms with Crippen molar-refractivity contribution in [2.45, 2.75) is 31.2 Å². The second kappa shape index (κ2) is 6.09. The number of nitrogens with zero attached hydrogens (tertiary/aromatic N) is 2. The summed E-state index contributed by atoms with van der Waals surface area (Å²) >= 11 is 0. The lowest BCUT2D eigenvalue weighted by Gasteiger charge is -2.22. The number of halogens is 1. The van der Waals surface area contributed by atoms with Gasteiger partial charge in [-0.2, -0.15) is 0 Å². The maximum Gasteiger partial charge on any atom is 0.287 e. The van der Waals surface area contributed by atoms with Gasteiger partial charge in [-0.15, -0.1) is 0 Å². The van der Waals surface area contributed by atoms with Crippen LogP contribution < -0.4 is 5.32 Å². The Hall–Kier alpha value is -2.50. The SMILES string of the molecule is O=[N+]([O-])c1ccc(NC2CCCC2c2ccc(F)cc2)nc1. The largest absolute Gasteiger partial charge is 0.367 e. The quantitative estimate of drug-likeness (QED) is 0.687. The van der Waals surface area contributed by atoms with Crippen LogP contribution in [-0.4, -0.2) is 15.9 Å². The first-order valence-corrected chi connectivity index (χ1v) is 7.26. The lowest BCUT2D eigenvalue weighted by atomic mass is 9.94. The Morgan fingerprint density at radius 2 is 1.95 bits per heavy atom. The zero-order chi connectivity index (χ0) is 15.5. The van der Waals surface area contributed by atoms with E-state index in [4.69, 9.17) is 0 Å². The highest BCUT2D eigenvalue weighted by Crippen LogP contribution is 2.36. The van der Waals surface area contributed by atoms with E-state index in [2.05, 4.69) is 10.3 Å². The highest BCUT2D eigenvalue weighted by molar-refractivity contribution is 5.42. The summed E-state index contributed by atoms with van der Waals surface area (Å²) in [7, 11) is 0. The lowest BCUT2D eigenvalue weighted by Crippen LogP contribution is -2.23. The molecule has 1 aromatic heterocycles. The minimum atomic E-state index is -0.465. The maximum atomic E-state index is 13.0. The van der Waals surface area contributed by atoms with Crippen molar-refractivity contribution in [2.75, 3.05) is 5.32 Å². The van der Waals surface area contributed by atoms with Gasteiger partial charge in [-0.1, -0.05) is 18.6 Å². The van der Waals surface area contributed by atoms with E-state index in [9.17, 15) is 14.5 Å². The molecule has 0 saturated heterocycles. The first kappa shape index (κ1) is 14.4. The van der Waals surface area contributed by atoms with Crippen molar-refractivity contribution in [1.29, 1.82) is 0 Å². The molecule has 1 fully saturated rings. The molecule has 2 unspecified atom stereocenters. The molecule has 1 aromatic carbocycles. The van der Waals surface area contributed by atoms with Crippen LogP contribution in [0, 0.1) is 15.9 Å². The molecule has 6 heteroatoms. The molecule has 2 aromatic rings. The van der Waals surface area contributed by atoms with Crippen molar-refractivity contribution in [1.82, 2.24) is 4.98 Å². The molecule has 1 aliphatic carbocycles. The Kier molecular flexibility index (Phi) is 4.00. The fourth-order valence-electron chi connectivity index (χ4n) is 3.01. The Morgan fingerprint density at radius 3 is 2.59 bits per heavy atom. The van der Waals surface area contributed by atoms with Gasteiger partial charge in [-0.25, -0.2) is 9.37 Å². The molecule has 3 rings (SSSR count). The number of pyridine rings is 1. The highest BCUT2D eigenvalue weighted by atomic mass is 19.1. The van der Waals surface area contributed by atoms with Crippen LogP contribution >= 0.6 is 0 Å². The summed E-state index contributed by atoms with van der Waals surface area (Å²) in [6.45, 7) is 0. The Balaban J connectivity index is 1.73. The summed E-state index contributed by atoms with van der Waals surface area (Å²) in [5, 5.41) is 14.0. The van der Waals surface area contributed by atoms with Crippen molar-refractivity contribution < 1.29 is 9.31 Å². The van der Waals surface area contributed by atoms with E-state index in [0.717, 1.165) is 24.8 Å². The van der Waals surface area contributed by atoms with E-state index in [1.165, 1.54) is 24.4 Å². The molecule has 1 heterocycles. The number of anilines is 1. The molecule has 0 spiro atoms. The molecular formula is C16H16FN3O2. The van der Waals surface area contributed by atoms with Crippen molar-refractivity contribution in [2.24, 2.45) is 0 Å². The Labute approximate surface area is 127 Å². The second-order valence-electron chi connectivity index (χ2n) is 5.50. The van der Waals surface area contributed by atoms with Crippen LogP contribution in [-0.2, 0) is 0 Å². The Bertz CT molecular complexity index is 658. The molecule has 1 N–H and O–H groups in total. The number of benzene rings is 1. The number of aromatic nitrogens is 1. The predicted molar refractivity (Wildman–Crippen MR) is 81.3 cm³/mol. The minimum absolute atomic E-state index is 0.0212. The summed E-state index contributed by atoms with van der Waals surface area (Å²) in [6.07, 6.45) is 4.38. The molecule has 0 aliphatic heterocycles. The highest BCUT2D eigenvalue weighted by Gasteiger charge is 2.28. The molecule has 0 amide bonds. The smallest absolute Gasteiger partial charge is 0.287 e. The standard InChI is InChI=1S/C16H16FN3O2/c17-12-6-4-11(5-7-12)14-2-1-3-15(14)19-16-9-8-13(10-18-16)20(21)22/h4-10,14-15H,1-3H2,(H,18,19). The van der Waals surface area contributed by atoms with Gasteiger partial charge in [0.25, 0.3) is 5.69 Å². The third-order valence-corrected chi connectivity index (χ3v) is 4.11. The van der Waals surface area contributed by atoms with Gasteiger partial charge in [0.15, 0.2) is 0 Å². The van der Waals surface area contributed by atoms with Gasteiger partial charge >= 0.3 is 0 Å². The van der Waals surface area contributed by atoms with Crippen LogP contribution in [0.5, 0.6) is 0 Å². The molecule has 1 saturated carbocycles. The predicted octanol–water partition coefficient (Wildman–Crippen LogP) is 3.88. The van der Waals surface area contributed by atoms with Crippen LogP contribution in [0.15, 0.2) is 42.6 Å². The van der Waals surface area contributed by atoms with E-state index in [0.29, 0.717) is 11.7 Å². The number of nitrogens with one attached hydrogen (secondary N) is 1. The van der Waals surface area contributed by atoms with Crippen LogP contribution in [0.4, 0.5) is 15.9 Å². The maximum absolute atomic E-state index is 13.0.